The van der Waals surface area contributed by atoms with Crippen LogP contribution >= 0.6 is 11.8 Å². The first-order chi connectivity index (χ1) is 9.26. The van der Waals surface area contributed by atoms with Crippen LogP contribution in [-0.4, -0.2) is 42.6 Å². The minimum Gasteiger partial charge on any atom is -0.493 e. The van der Waals surface area contributed by atoms with Crippen LogP contribution < -0.4 is 10.5 Å². The van der Waals surface area contributed by atoms with Gasteiger partial charge in [0.25, 0.3) is 0 Å². The number of hydrogen-bond acceptors (Lipinski definition) is 4. The van der Waals surface area contributed by atoms with E-state index in [-0.39, 0.29) is 0 Å². The average Bonchev–Trinajstić information content (AvgIpc) is 2.42. The molecule has 4 heteroatoms. The van der Waals surface area contributed by atoms with Crippen LogP contribution in [0.25, 0.3) is 0 Å². The molecular weight excluding hydrogens is 256 g/mol. The van der Waals surface area contributed by atoms with Gasteiger partial charge in [-0.3, -0.25) is 0 Å². The number of benzene rings is 1. The summed E-state index contributed by atoms with van der Waals surface area (Å²) in [5.74, 6) is 3.23. The monoisotopic (exact) mass is 282 g/mol. The largest absolute Gasteiger partial charge is 0.493 e. The first kappa shape index (κ1) is 16.2. The Morgan fingerprint density at radius 1 is 1.21 bits per heavy atom. The lowest BCUT2D eigenvalue weighted by molar-refractivity contribution is 0.318. The van der Waals surface area contributed by atoms with Crippen LogP contribution in [0.2, 0.25) is 0 Å². The molecule has 0 spiro atoms. The Morgan fingerprint density at radius 2 is 2.00 bits per heavy atom. The van der Waals surface area contributed by atoms with Crippen molar-refractivity contribution in [3.63, 3.8) is 0 Å². The topological polar surface area (TPSA) is 38.5 Å². The Labute approximate surface area is 121 Å². The summed E-state index contributed by atoms with van der Waals surface area (Å²) >= 11 is 2.00. The molecule has 1 aromatic carbocycles. The van der Waals surface area contributed by atoms with E-state index in [1.807, 2.05) is 36.0 Å². The zero-order valence-corrected chi connectivity index (χ0v) is 12.9. The van der Waals surface area contributed by atoms with Crippen LogP contribution in [0, 0.1) is 0 Å². The molecule has 0 aliphatic rings. The van der Waals surface area contributed by atoms with Gasteiger partial charge >= 0.3 is 0 Å². The van der Waals surface area contributed by atoms with Crippen molar-refractivity contribution in [2.24, 2.45) is 0 Å². The van der Waals surface area contributed by atoms with Crippen molar-refractivity contribution in [3.05, 3.63) is 24.3 Å². The minimum absolute atomic E-state index is 0.756. The fraction of sp³-hybridized carbons (Fsp3) is 0.600. The van der Waals surface area contributed by atoms with E-state index < -0.39 is 0 Å². The molecule has 0 atom stereocenters. The molecule has 0 aliphatic carbocycles. The Morgan fingerprint density at radius 3 is 2.68 bits per heavy atom. The first-order valence-corrected chi connectivity index (χ1v) is 8.20. The van der Waals surface area contributed by atoms with Crippen molar-refractivity contribution in [3.8, 4) is 5.75 Å². The zero-order valence-electron chi connectivity index (χ0n) is 12.1. The summed E-state index contributed by atoms with van der Waals surface area (Å²) in [7, 11) is 0. The Kier molecular flexibility index (Phi) is 8.50. The smallest absolute Gasteiger partial charge is 0.121 e. The summed E-state index contributed by atoms with van der Waals surface area (Å²) in [5.41, 5.74) is 6.45. The third-order valence-corrected chi connectivity index (χ3v) is 4.05. The molecule has 0 unspecified atom stereocenters. The van der Waals surface area contributed by atoms with Gasteiger partial charge in [0, 0.05) is 24.1 Å². The molecule has 0 heterocycles. The van der Waals surface area contributed by atoms with E-state index in [0.29, 0.717) is 0 Å². The van der Waals surface area contributed by atoms with Gasteiger partial charge in [-0.2, -0.15) is 11.8 Å². The lowest BCUT2D eigenvalue weighted by atomic mass is 10.3. The fourth-order valence-electron chi connectivity index (χ4n) is 1.79. The van der Waals surface area contributed by atoms with Crippen molar-refractivity contribution >= 4 is 17.4 Å². The summed E-state index contributed by atoms with van der Waals surface area (Å²) in [4.78, 5) is 2.45. The molecule has 0 saturated carbocycles. The summed E-state index contributed by atoms with van der Waals surface area (Å²) in [6.07, 6.45) is 1.08. The second-order valence-electron chi connectivity index (χ2n) is 4.41. The third-order valence-electron chi connectivity index (χ3n) is 3.01. The highest BCUT2D eigenvalue weighted by Gasteiger charge is 1.99. The second-order valence-corrected chi connectivity index (χ2v) is 5.64. The van der Waals surface area contributed by atoms with Crippen molar-refractivity contribution < 1.29 is 4.74 Å². The van der Waals surface area contributed by atoms with Crippen LogP contribution in [0.5, 0.6) is 5.75 Å². The number of thioether (sulfide) groups is 1. The SMILES string of the molecule is CCN(CC)CCSCCCOc1cccc(N)c1. The van der Waals surface area contributed by atoms with E-state index in [2.05, 4.69) is 18.7 Å². The van der Waals surface area contributed by atoms with E-state index >= 15 is 0 Å². The van der Waals surface area contributed by atoms with Crippen LogP contribution in [0.15, 0.2) is 24.3 Å². The number of nitrogen functional groups attached to an aromatic ring is 1. The number of nitrogens with zero attached hydrogens (tertiary/aromatic N) is 1. The molecule has 2 N–H and O–H groups in total. The zero-order chi connectivity index (χ0) is 13.9. The lowest BCUT2D eigenvalue weighted by Gasteiger charge is -2.17. The Hall–Kier alpha value is -0.870. The van der Waals surface area contributed by atoms with Gasteiger partial charge in [-0.05, 0) is 37.4 Å². The molecule has 19 heavy (non-hydrogen) atoms. The molecule has 3 nitrogen and oxygen atoms in total. The predicted molar refractivity (Wildman–Crippen MR) is 86.1 cm³/mol. The maximum absolute atomic E-state index is 5.69. The molecule has 0 radical (unpaired) electrons. The van der Waals surface area contributed by atoms with Crippen molar-refractivity contribution in [2.75, 3.05) is 43.5 Å². The summed E-state index contributed by atoms with van der Waals surface area (Å²) in [6.45, 7) is 8.68. The van der Waals surface area contributed by atoms with Crippen LogP contribution in [-0.2, 0) is 0 Å². The predicted octanol–water partition coefficient (Wildman–Crippen LogP) is 3.11. The fourth-order valence-corrected chi connectivity index (χ4v) is 2.70. The van der Waals surface area contributed by atoms with E-state index in [0.717, 1.165) is 43.3 Å². The van der Waals surface area contributed by atoms with Crippen molar-refractivity contribution in [2.45, 2.75) is 20.3 Å². The number of hydrogen-bond donors (Lipinski definition) is 1. The first-order valence-electron chi connectivity index (χ1n) is 7.04. The van der Waals surface area contributed by atoms with Gasteiger partial charge in [-0.25, -0.2) is 0 Å². The number of anilines is 1. The molecule has 1 rings (SSSR count). The highest BCUT2D eigenvalue weighted by atomic mass is 32.2. The van der Waals surface area contributed by atoms with E-state index in [1.54, 1.807) is 0 Å². The molecule has 108 valence electrons. The Bertz CT molecular complexity index is 343. The third kappa shape index (κ3) is 7.33. The molecular formula is C15H26N2OS. The Balaban J connectivity index is 1.99. The molecule has 0 bridgehead atoms. The molecule has 1 aromatic rings. The maximum atomic E-state index is 5.69. The molecule has 0 aliphatic heterocycles. The molecule has 0 amide bonds. The minimum atomic E-state index is 0.756. The summed E-state index contributed by atoms with van der Waals surface area (Å²) < 4.78 is 5.65. The summed E-state index contributed by atoms with van der Waals surface area (Å²) in [5, 5.41) is 0. The van der Waals surface area contributed by atoms with Crippen molar-refractivity contribution in [1.82, 2.24) is 4.90 Å². The van der Waals surface area contributed by atoms with E-state index in [1.165, 1.54) is 12.3 Å². The second kappa shape index (κ2) is 9.98. The van der Waals surface area contributed by atoms with Crippen LogP contribution in [0.3, 0.4) is 0 Å². The van der Waals surface area contributed by atoms with Gasteiger partial charge in [-0.1, -0.05) is 19.9 Å². The number of ether oxygens (including phenoxy) is 1. The normalized spacial score (nSPS) is 10.9. The average molecular weight is 282 g/mol. The van der Waals surface area contributed by atoms with Gasteiger partial charge in [-0.15, -0.1) is 0 Å². The van der Waals surface area contributed by atoms with Gasteiger partial charge in [0.05, 0.1) is 6.61 Å². The standard InChI is InChI=1S/C15H26N2OS/c1-3-17(4-2)9-12-19-11-6-10-18-15-8-5-7-14(16)13-15/h5,7-8,13H,3-4,6,9-12,16H2,1-2H3. The lowest BCUT2D eigenvalue weighted by Crippen LogP contribution is -2.25. The van der Waals surface area contributed by atoms with E-state index in [4.69, 9.17) is 10.5 Å². The van der Waals surface area contributed by atoms with Gasteiger partial charge in [0.1, 0.15) is 5.75 Å². The van der Waals surface area contributed by atoms with Crippen LogP contribution in [0.1, 0.15) is 20.3 Å². The molecule has 0 fully saturated rings. The molecule has 0 aromatic heterocycles. The van der Waals surface area contributed by atoms with Crippen LogP contribution in [0.4, 0.5) is 5.69 Å². The van der Waals surface area contributed by atoms with Gasteiger partial charge < -0.3 is 15.4 Å². The highest BCUT2D eigenvalue weighted by Crippen LogP contribution is 2.14. The quantitative estimate of drug-likeness (QED) is 0.528. The van der Waals surface area contributed by atoms with Gasteiger partial charge in [0.2, 0.25) is 0 Å². The van der Waals surface area contributed by atoms with Crippen molar-refractivity contribution in [1.29, 1.82) is 0 Å². The van der Waals surface area contributed by atoms with Gasteiger partial charge in [0.15, 0.2) is 0 Å². The molecule has 0 saturated heterocycles. The maximum Gasteiger partial charge on any atom is 0.121 e. The number of rotatable bonds is 10. The number of nitrogens with two attached hydrogens (primary N) is 1. The van der Waals surface area contributed by atoms with E-state index in [9.17, 15) is 0 Å². The summed E-state index contributed by atoms with van der Waals surface area (Å²) in [6, 6.07) is 7.61. The highest BCUT2D eigenvalue weighted by molar-refractivity contribution is 7.99.